The number of carbonyl (C=O) groups is 1. The van der Waals surface area contributed by atoms with E-state index in [0.29, 0.717) is 25.2 Å². The van der Waals surface area contributed by atoms with Crippen LogP contribution in [-0.4, -0.2) is 60.9 Å². The summed E-state index contributed by atoms with van der Waals surface area (Å²) in [6, 6.07) is 2.64. The number of nitrogens with one attached hydrogen (secondary N) is 1. The SMILES string of the molecule is CC(C)(CF)n1cc(OC(=O)O)c(=O)c2cc(F)c(N3C[C@@H]4OCCN[C@@H]4C3)cc21. The predicted molar refractivity (Wildman–Crippen MR) is 106 cm³/mol. The molecule has 2 saturated heterocycles. The van der Waals surface area contributed by atoms with Crippen LogP contribution in [0.1, 0.15) is 13.8 Å². The molecule has 4 rings (SSSR count). The van der Waals surface area contributed by atoms with Crippen molar-refractivity contribution in [2.24, 2.45) is 0 Å². The number of hydrogen-bond donors (Lipinski definition) is 2. The first-order valence-electron chi connectivity index (χ1n) is 9.67. The van der Waals surface area contributed by atoms with Crippen LogP contribution in [0.15, 0.2) is 23.1 Å². The summed E-state index contributed by atoms with van der Waals surface area (Å²) in [4.78, 5) is 25.5. The highest BCUT2D eigenvalue weighted by atomic mass is 19.1. The van der Waals surface area contributed by atoms with Crippen molar-refractivity contribution in [3.05, 3.63) is 34.4 Å². The lowest BCUT2D eigenvalue weighted by Crippen LogP contribution is -2.47. The summed E-state index contributed by atoms with van der Waals surface area (Å²) >= 11 is 0. The van der Waals surface area contributed by atoms with E-state index < -0.39 is 35.4 Å². The van der Waals surface area contributed by atoms with Crippen LogP contribution < -0.4 is 20.4 Å². The van der Waals surface area contributed by atoms with Gasteiger partial charge in [0.15, 0.2) is 5.75 Å². The molecule has 0 amide bonds. The molecule has 0 bridgehead atoms. The summed E-state index contributed by atoms with van der Waals surface area (Å²) in [5.41, 5.74) is -1.33. The minimum absolute atomic E-state index is 0.0651. The molecule has 2 N–H and O–H groups in total. The van der Waals surface area contributed by atoms with E-state index in [9.17, 15) is 14.0 Å². The molecule has 2 aromatic rings. The summed E-state index contributed by atoms with van der Waals surface area (Å²) in [6.07, 6.45) is -0.584. The number of hydrogen-bond acceptors (Lipinski definition) is 6. The van der Waals surface area contributed by atoms with E-state index in [2.05, 4.69) is 10.1 Å². The van der Waals surface area contributed by atoms with Gasteiger partial charge in [-0.2, -0.15) is 0 Å². The molecule has 0 radical (unpaired) electrons. The van der Waals surface area contributed by atoms with Gasteiger partial charge in [-0.1, -0.05) is 0 Å². The van der Waals surface area contributed by atoms with Crippen LogP contribution >= 0.6 is 0 Å². The molecular formula is C20H23F2N3O5. The molecule has 2 atom stereocenters. The summed E-state index contributed by atoms with van der Waals surface area (Å²) in [6.45, 7) is 4.72. The van der Waals surface area contributed by atoms with Gasteiger partial charge in [-0.15, -0.1) is 0 Å². The normalized spacial score (nSPS) is 21.7. The zero-order chi connectivity index (χ0) is 21.6. The molecule has 10 heteroatoms. The molecule has 162 valence electrons. The Kier molecular flexibility index (Phi) is 5.15. The van der Waals surface area contributed by atoms with Gasteiger partial charge in [0.25, 0.3) is 0 Å². The first kappa shape index (κ1) is 20.5. The van der Waals surface area contributed by atoms with Crippen molar-refractivity contribution in [2.45, 2.75) is 31.5 Å². The molecule has 8 nitrogen and oxygen atoms in total. The first-order valence-corrected chi connectivity index (χ1v) is 9.67. The molecule has 0 saturated carbocycles. The van der Waals surface area contributed by atoms with Crippen LogP contribution in [0.3, 0.4) is 0 Å². The van der Waals surface area contributed by atoms with E-state index in [4.69, 9.17) is 9.84 Å². The second kappa shape index (κ2) is 7.51. The number of anilines is 1. The van der Waals surface area contributed by atoms with Gasteiger partial charge in [-0.05, 0) is 26.0 Å². The highest BCUT2D eigenvalue weighted by Crippen LogP contribution is 2.32. The number of ether oxygens (including phenoxy) is 2. The average molecular weight is 423 g/mol. The van der Waals surface area contributed by atoms with Crippen LogP contribution in [0.25, 0.3) is 10.9 Å². The van der Waals surface area contributed by atoms with E-state index >= 15 is 4.39 Å². The number of aromatic nitrogens is 1. The number of benzene rings is 1. The van der Waals surface area contributed by atoms with E-state index in [1.165, 1.54) is 10.6 Å². The number of nitrogens with zero attached hydrogens (tertiary/aromatic N) is 2. The van der Waals surface area contributed by atoms with Crippen molar-refractivity contribution in [1.82, 2.24) is 9.88 Å². The molecule has 0 spiro atoms. The van der Waals surface area contributed by atoms with Crippen LogP contribution in [-0.2, 0) is 10.3 Å². The molecule has 0 aliphatic carbocycles. The van der Waals surface area contributed by atoms with Crippen molar-refractivity contribution >= 4 is 22.7 Å². The fourth-order valence-electron chi connectivity index (χ4n) is 4.07. The van der Waals surface area contributed by atoms with E-state index in [-0.39, 0.29) is 23.2 Å². The third kappa shape index (κ3) is 3.50. The summed E-state index contributed by atoms with van der Waals surface area (Å²) in [5.74, 6) is -1.14. The summed E-state index contributed by atoms with van der Waals surface area (Å²) < 4.78 is 40.6. The Labute approximate surface area is 171 Å². The zero-order valence-corrected chi connectivity index (χ0v) is 16.7. The number of halogens is 2. The van der Waals surface area contributed by atoms with Gasteiger partial charge in [0, 0.05) is 19.6 Å². The van der Waals surface area contributed by atoms with Crippen molar-refractivity contribution < 1.29 is 28.2 Å². The number of carboxylic acid groups (broad SMARTS) is 1. The maximum absolute atomic E-state index is 15.1. The molecule has 0 unspecified atom stereocenters. The smallest absolute Gasteiger partial charge is 0.449 e. The number of alkyl halides is 1. The van der Waals surface area contributed by atoms with Gasteiger partial charge in [0.2, 0.25) is 5.43 Å². The highest BCUT2D eigenvalue weighted by Gasteiger charge is 2.37. The minimum Gasteiger partial charge on any atom is -0.449 e. The topological polar surface area (TPSA) is 93.0 Å². The molecule has 1 aromatic heterocycles. The van der Waals surface area contributed by atoms with Crippen LogP contribution in [0.4, 0.5) is 19.3 Å². The van der Waals surface area contributed by atoms with E-state index in [1.807, 2.05) is 4.90 Å². The fraction of sp³-hybridized carbons (Fsp3) is 0.500. The van der Waals surface area contributed by atoms with Gasteiger partial charge in [-0.25, -0.2) is 13.6 Å². The Morgan fingerprint density at radius 3 is 2.83 bits per heavy atom. The third-order valence-corrected chi connectivity index (χ3v) is 5.66. The highest BCUT2D eigenvalue weighted by molar-refractivity contribution is 5.85. The number of pyridine rings is 1. The fourth-order valence-corrected chi connectivity index (χ4v) is 4.07. The zero-order valence-electron chi connectivity index (χ0n) is 16.7. The van der Waals surface area contributed by atoms with Gasteiger partial charge in [0.05, 0.1) is 47.1 Å². The Morgan fingerprint density at radius 1 is 1.40 bits per heavy atom. The van der Waals surface area contributed by atoms with Crippen LogP contribution in [0.5, 0.6) is 5.75 Å². The Hall–Kier alpha value is -2.72. The third-order valence-electron chi connectivity index (χ3n) is 5.66. The first-order chi connectivity index (χ1) is 14.2. The van der Waals surface area contributed by atoms with Crippen molar-refractivity contribution in [1.29, 1.82) is 0 Å². The van der Waals surface area contributed by atoms with Crippen LogP contribution in [0, 0.1) is 5.82 Å². The second-order valence-corrected chi connectivity index (χ2v) is 8.20. The summed E-state index contributed by atoms with van der Waals surface area (Å²) in [5, 5.41) is 12.2. The standard InChI is InChI=1S/C20H23F2N3O5/c1-20(2,10-21)25-9-17(30-19(27)28)18(26)11-5-12(22)15(6-14(11)25)24-7-13-16(8-24)29-4-3-23-13/h5-6,9,13,16,23H,3-4,7-8,10H2,1-2H3,(H,27,28)/t13-,16+/m1/s1. The van der Waals surface area contributed by atoms with Crippen LogP contribution in [0.2, 0.25) is 0 Å². The van der Waals surface area contributed by atoms with Crippen molar-refractivity contribution in [2.75, 3.05) is 37.8 Å². The number of fused-ring (bicyclic) bond motifs is 2. The Morgan fingerprint density at radius 2 is 2.17 bits per heavy atom. The van der Waals surface area contributed by atoms with Gasteiger partial charge >= 0.3 is 6.16 Å². The average Bonchev–Trinajstić information content (AvgIpc) is 3.13. The van der Waals surface area contributed by atoms with Gasteiger partial charge in [-0.3, -0.25) is 4.79 Å². The lowest BCUT2D eigenvalue weighted by molar-refractivity contribution is 0.0212. The molecule has 3 heterocycles. The molecule has 30 heavy (non-hydrogen) atoms. The molecule has 2 aliphatic heterocycles. The van der Waals surface area contributed by atoms with Gasteiger partial charge < -0.3 is 29.4 Å². The maximum Gasteiger partial charge on any atom is 0.511 e. The molecule has 2 fully saturated rings. The molecular weight excluding hydrogens is 400 g/mol. The lowest BCUT2D eigenvalue weighted by Gasteiger charge is -2.28. The maximum atomic E-state index is 15.1. The quantitative estimate of drug-likeness (QED) is 0.728. The second-order valence-electron chi connectivity index (χ2n) is 8.20. The Bertz CT molecular complexity index is 1040. The monoisotopic (exact) mass is 423 g/mol. The van der Waals surface area contributed by atoms with Crippen molar-refractivity contribution in [3.8, 4) is 5.75 Å². The van der Waals surface area contributed by atoms with E-state index in [0.717, 1.165) is 18.8 Å². The van der Waals surface area contributed by atoms with E-state index in [1.54, 1.807) is 13.8 Å². The van der Waals surface area contributed by atoms with Crippen molar-refractivity contribution in [3.63, 3.8) is 0 Å². The minimum atomic E-state index is -1.68. The Balaban J connectivity index is 1.87. The molecule has 2 aliphatic rings. The van der Waals surface area contributed by atoms with Gasteiger partial charge in [0.1, 0.15) is 12.5 Å². The number of rotatable bonds is 4. The summed E-state index contributed by atoms with van der Waals surface area (Å²) in [7, 11) is 0. The largest absolute Gasteiger partial charge is 0.511 e. The molecule has 1 aromatic carbocycles. The predicted octanol–water partition coefficient (Wildman–Crippen LogP) is 2.08. The lowest BCUT2D eigenvalue weighted by atomic mass is 10.0. The number of morpholine rings is 1.